The molecule has 2 aromatic carbocycles. The summed E-state index contributed by atoms with van der Waals surface area (Å²) >= 11 is 5.89. The SMILES string of the molecule is Cc1cc(OC(=O)Nc2ccccc2)ccc1Cl. The van der Waals surface area contributed by atoms with Crippen molar-refractivity contribution in [1.29, 1.82) is 0 Å². The van der Waals surface area contributed by atoms with Crippen LogP contribution in [0.5, 0.6) is 5.75 Å². The highest BCUT2D eigenvalue weighted by atomic mass is 35.5. The molecule has 0 saturated carbocycles. The van der Waals surface area contributed by atoms with Gasteiger partial charge in [-0.15, -0.1) is 0 Å². The molecule has 0 aliphatic carbocycles. The fourth-order valence-corrected chi connectivity index (χ4v) is 1.57. The first-order chi connectivity index (χ1) is 8.65. The third-order valence-corrected chi connectivity index (χ3v) is 2.78. The number of nitrogens with one attached hydrogen (secondary N) is 1. The van der Waals surface area contributed by atoms with Crippen LogP contribution < -0.4 is 10.1 Å². The maximum Gasteiger partial charge on any atom is 0.417 e. The lowest BCUT2D eigenvalue weighted by molar-refractivity contribution is 0.215. The molecular weight excluding hydrogens is 250 g/mol. The Kier molecular flexibility index (Phi) is 3.85. The molecule has 4 heteroatoms. The number of carbonyl (C=O) groups excluding carboxylic acids is 1. The van der Waals surface area contributed by atoms with Gasteiger partial charge >= 0.3 is 6.09 Å². The largest absolute Gasteiger partial charge is 0.417 e. The van der Waals surface area contributed by atoms with Gasteiger partial charge in [0.05, 0.1) is 0 Å². The van der Waals surface area contributed by atoms with E-state index in [1.165, 1.54) is 0 Å². The lowest BCUT2D eigenvalue weighted by Gasteiger charge is -2.07. The molecule has 0 aliphatic rings. The van der Waals surface area contributed by atoms with Crippen molar-refractivity contribution in [1.82, 2.24) is 0 Å². The fourth-order valence-electron chi connectivity index (χ4n) is 1.45. The summed E-state index contributed by atoms with van der Waals surface area (Å²) in [6.45, 7) is 1.85. The van der Waals surface area contributed by atoms with Crippen LogP contribution in [0.2, 0.25) is 5.02 Å². The van der Waals surface area contributed by atoms with Crippen molar-refractivity contribution in [2.24, 2.45) is 0 Å². The number of halogens is 1. The van der Waals surface area contributed by atoms with Gasteiger partial charge < -0.3 is 4.74 Å². The predicted octanol–water partition coefficient (Wildman–Crippen LogP) is 4.26. The molecule has 0 unspecified atom stereocenters. The number of benzene rings is 2. The molecule has 92 valence electrons. The number of aryl methyl sites for hydroxylation is 1. The summed E-state index contributed by atoms with van der Waals surface area (Å²) in [7, 11) is 0. The van der Waals surface area contributed by atoms with Gasteiger partial charge in [-0.05, 0) is 42.8 Å². The van der Waals surface area contributed by atoms with Gasteiger partial charge in [-0.3, -0.25) is 5.32 Å². The van der Waals surface area contributed by atoms with E-state index in [1.807, 2.05) is 25.1 Å². The molecule has 0 saturated heterocycles. The Hall–Kier alpha value is -2.00. The highest BCUT2D eigenvalue weighted by Gasteiger charge is 2.05. The first-order valence-electron chi connectivity index (χ1n) is 5.45. The van der Waals surface area contributed by atoms with E-state index in [2.05, 4.69) is 5.32 Å². The van der Waals surface area contributed by atoms with E-state index >= 15 is 0 Å². The average Bonchev–Trinajstić information content (AvgIpc) is 2.35. The molecule has 0 atom stereocenters. The standard InChI is InChI=1S/C14H12ClNO2/c1-10-9-12(7-8-13(10)15)18-14(17)16-11-5-3-2-4-6-11/h2-9H,1H3,(H,16,17). The molecule has 0 aliphatic heterocycles. The molecule has 0 aromatic heterocycles. The van der Waals surface area contributed by atoms with E-state index in [0.717, 1.165) is 5.56 Å². The van der Waals surface area contributed by atoms with E-state index in [9.17, 15) is 4.79 Å². The minimum absolute atomic E-state index is 0.463. The minimum Gasteiger partial charge on any atom is -0.410 e. The van der Waals surface area contributed by atoms with E-state index in [0.29, 0.717) is 16.5 Å². The third-order valence-electron chi connectivity index (χ3n) is 2.36. The van der Waals surface area contributed by atoms with Gasteiger partial charge in [-0.1, -0.05) is 29.8 Å². The zero-order valence-corrected chi connectivity index (χ0v) is 10.6. The molecule has 0 fully saturated rings. The van der Waals surface area contributed by atoms with E-state index in [-0.39, 0.29) is 0 Å². The number of hydrogen-bond acceptors (Lipinski definition) is 2. The Morgan fingerprint density at radius 2 is 1.89 bits per heavy atom. The highest BCUT2D eigenvalue weighted by Crippen LogP contribution is 2.21. The third kappa shape index (κ3) is 3.25. The molecule has 2 aromatic rings. The van der Waals surface area contributed by atoms with Crippen molar-refractivity contribution in [2.75, 3.05) is 5.32 Å². The summed E-state index contributed by atoms with van der Waals surface area (Å²) in [4.78, 5) is 11.6. The minimum atomic E-state index is -0.525. The van der Waals surface area contributed by atoms with Crippen LogP contribution in [-0.4, -0.2) is 6.09 Å². The molecule has 3 nitrogen and oxygen atoms in total. The molecule has 0 bridgehead atoms. The maximum atomic E-state index is 11.6. The summed E-state index contributed by atoms with van der Waals surface area (Å²) in [5, 5.41) is 3.27. The van der Waals surface area contributed by atoms with Crippen LogP contribution in [0.25, 0.3) is 0 Å². The monoisotopic (exact) mass is 261 g/mol. The first kappa shape index (κ1) is 12.5. The topological polar surface area (TPSA) is 38.3 Å². The number of ether oxygens (including phenoxy) is 1. The van der Waals surface area contributed by atoms with Crippen LogP contribution in [0.3, 0.4) is 0 Å². The van der Waals surface area contributed by atoms with Crippen molar-refractivity contribution < 1.29 is 9.53 Å². The average molecular weight is 262 g/mol. The second-order valence-electron chi connectivity index (χ2n) is 3.79. The zero-order chi connectivity index (χ0) is 13.0. The van der Waals surface area contributed by atoms with Gasteiger partial charge in [0.15, 0.2) is 0 Å². The molecule has 1 amide bonds. The van der Waals surface area contributed by atoms with Crippen LogP contribution in [0.15, 0.2) is 48.5 Å². The molecule has 0 heterocycles. The fraction of sp³-hybridized carbons (Fsp3) is 0.0714. The Bertz CT molecular complexity index is 555. The molecule has 0 radical (unpaired) electrons. The van der Waals surface area contributed by atoms with Gasteiger partial charge in [0, 0.05) is 10.7 Å². The molecular formula is C14H12ClNO2. The number of anilines is 1. The van der Waals surface area contributed by atoms with Crippen LogP contribution >= 0.6 is 11.6 Å². The molecule has 1 N–H and O–H groups in total. The number of rotatable bonds is 2. The van der Waals surface area contributed by atoms with Gasteiger partial charge in [0.25, 0.3) is 0 Å². The quantitative estimate of drug-likeness (QED) is 0.877. The second kappa shape index (κ2) is 5.56. The smallest absolute Gasteiger partial charge is 0.410 e. The predicted molar refractivity (Wildman–Crippen MR) is 72.3 cm³/mol. The summed E-state index contributed by atoms with van der Waals surface area (Å²) in [5.41, 5.74) is 1.55. The van der Waals surface area contributed by atoms with Crippen LogP contribution in [0.4, 0.5) is 10.5 Å². The van der Waals surface area contributed by atoms with Gasteiger partial charge in [0.1, 0.15) is 5.75 Å². The van der Waals surface area contributed by atoms with Crippen LogP contribution in [0, 0.1) is 6.92 Å². The van der Waals surface area contributed by atoms with Gasteiger partial charge in [-0.25, -0.2) is 4.79 Å². The summed E-state index contributed by atoms with van der Waals surface area (Å²) in [6, 6.07) is 14.2. The molecule has 2 rings (SSSR count). The number of hydrogen-bond donors (Lipinski definition) is 1. The second-order valence-corrected chi connectivity index (χ2v) is 4.20. The van der Waals surface area contributed by atoms with Gasteiger partial charge in [0.2, 0.25) is 0 Å². The maximum absolute atomic E-state index is 11.6. The van der Waals surface area contributed by atoms with E-state index in [1.54, 1.807) is 30.3 Å². The number of para-hydroxylation sites is 1. The summed E-state index contributed by atoms with van der Waals surface area (Å²) < 4.78 is 5.15. The number of carbonyl (C=O) groups is 1. The van der Waals surface area contributed by atoms with Crippen molar-refractivity contribution in [3.05, 3.63) is 59.1 Å². The summed E-state index contributed by atoms with van der Waals surface area (Å²) in [6.07, 6.45) is -0.525. The van der Waals surface area contributed by atoms with Crippen molar-refractivity contribution in [2.45, 2.75) is 6.92 Å². The highest BCUT2D eigenvalue weighted by molar-refractivity contribution is 6.31. The Labute approximate surface area is 110 Å². The van der Waals surface area contributed by atoms with Crippen LogP contribution in [-0.2, 0) is 0 Å². The van der Waals surface area contributed by atoms with Crippen LogP contribution in [0.1, 0.15) is 5.56 Å². The lowest BCUT2D eigenvalue weighted by Crippen LogP contribution is -2.16. The number of amides is 1. The normalized spacial score (nSPS) is 9.89. The van der Waals surface area contributed by atoms with E-state index in [4.69, 9.17) is 16.3 Å². The first-order valence-corrected chi connectivity index (χ1v) is 5.83. The lowest BCUT2D eigenvalue weighted by atomic mass is 10.2. The zero-order valence-electron chi connectivity index (χ0n) is 9.81. The van der Waals surface area contributed by atoms with Crippen molar-refractivity contribution >= 4 is 23.4 Å². The van der Waals surface area contributed by atoms with Crippen molar-refractivity contribution in [3.8, 4) is 5.75 Å². The summed E-state index contributed by atoms with van der Waals surface area (Å²) in [5.74, 6) is 0.463. The molecule has 0 spiro atoms. The Morgan fingerprint density at radius 3 is 2.56 bits per heavy atom. The van der Waals surface area contributed by atoms with E-state index < -0.39 is 6.09 Å². The molecule has 18 heavy (non-hydrogen) atoms. The Balaban J connectivity index is 2.01. The van der Waals surface area contributed by atoms with Crippen molar-refractivity contribution in [3.63, 3.8) is 0 Å². The Morgan fingerprint density at radius 1 is 1.17 bits per heavy atom. The van der Waals surface area contributed by atoms with Gasteiger partial charge in [-0.2, -0.15) is 0 Å².